The van der Waals surface area contributed by atoms with Gasteiger partial charge in [-0.2, -0.15) is 0 Å². The summed E-state index contributed by atoms with van der Waals surface area (Å²) in [6.07, 6.45) is 1.28. The van der Waals surface area contributed by atoms with E-state index in [2.05, 4.69) is 42.8 Å². The van der Waals surface area contributed by atoms with Gasteiger partial charge >= 0.3 is 0 Å². The minimum Gasteiger partial charge on any atom is -0.370 e. The largest absolute Gasteiger partial charge is 0.370 e. The zero-order chi connectivity index (χ0) is 13.8. The molecule has 0 amide bonds. The van der Waals surface area contributed by atoms with Gasteiger partial charge in [-0.25, -0.2) is 4.99 Å². The molecule has 0 bridgehead atoms. The molecule has 3 unspecified atom stereocenters. The van der Waals surface area contributed by atoms with Gasteiger partial charge in [0, 0.05) is 12.6 Å². The number of likely N-dealkylation sites (tertiary alicyclic amines) is 1. The fourth-order valence-electron chi connectivity index (χ4n) is 2.86. The molecule has 1 heterocycles. The van der Waals surface area contributed by atoms with Crippen LogP contribution >= 0.6 is 0 Å². The van der Waals surface area contributed by atoms with Gasteiger partial charge in [0.05, 0.1) is 6.54 Å². The minimum atomic E-state index is 0.482. The summed E-state index contributed by atoms with van der Waals surface area (Å²) in [6, 6.07) is 10.7. The maximum Gasteiger partial charge on any atom is 0.191 e. The Morgan fingerprint density at radius 3 is 2.63 bits per heavy atom. The molecule has 0 spiro atoms. The lowest BCUT2D eigenvalue weighted by Crippen LogP contribution is -2.51. The van der Waals surface area contributed by atoms with Crippen LogP contribution < -0.4 is 5.73 Å². The highest BCUT2D eigenvalue weighted by atomic mass is 15.3. The quantitative estimate of drug-likeness (QED) is 0.655. The number of hydrogen-bond donors (Lipinski definition) is 1. The van der Waals surface area contributed by atoms with Crippen molar-refractivity contribution in [2.75, 3.05) is 6.54 Å². The van der Waals surface area contributed by atoms with Crippen LogP contribution in [0.15, 0.2) is 35.3 Å². The molecule has 0 saturated carbocycles. The maximum atomic E-state index is 6.19. The first-order valence-corrected chi connectivity index (χ1v) is 7.18. The Labute approximate surface area is 116 Å². The molecular formula is C16H25N3. The Kier molecular flexibility index (Phi) is 4.46. The highest BCUT2D eigenvalue weighted by Gasteiger charge is 2.29. The van der Waals surface area contributed by atoms with Gasteiger partial charge in [-0.15, -0.1) is 0 Å². The summed E-state index contributed by atoms with van der Waals surface area (Å²) in [5.74, 6) is 2.06. The van der Waals surface area contributed by atoms with Crippen molar-refractivity contribution in [3.63, 3.8) is 0 Å². The Morgan fingerprint density at radius 2 is 1.95 bits per heavy atom. The Hall–Kier alpha value is -1.51. The fourth-order valence-corrected chi connectivity index (χ4v) is 2.86. The summed E-state index contributed by atoms with van der Waals surface area (Å²) in [7, 11) is 0. The maximum absolute atomic E-state index is 6.19. The predicted octanol–water partition coefficient (Wildman–Crippen LogP) is 2.87. The van der Waals surface area contributed by atoms with Gasteiger partial charge in [0.1, 0.15) is 0 Å². The third kappa shape index (κ3) is 3.49. The molecule has 0 aliphatic carbocycles. The first-order chi connectivity index (χ1) is 9.08. The van der Waals surface area contributed by atoms with E-state index >= 15 is 0 Å². The van der Waals surface area contributed by atoms with Crippen LogP contribution in [0.25, 0.3) is 0 Å². The highest BCUT2D eigenvalue weighted by Crippen LogP contribution is 2.26. The third-order valence-electron chi connectivity index (χ3n) is 4.16. The minimum absolute atomic E-state index is 0.482. The normalized spacial score (nSPS) is 28.5. The Bertz CT molecular complexity index is 427. The van der Waals surface area contributed by atoms with Crippen LogP contribution in [0.1, 0.15) is 32.8 Å². The van der Waals surface area contributed by atoms with Crippen molar-refractivity contribution >= 4 is 5.96 Å². The summed E-state index contributed by atoms with van der Waals surface area (Å²) >= 11 is 0. The van der Waals surface area contributed by atoms with Crippen molar-refractivity contribution in [2.24, 2.45) is 22.6 Å². The summed E-state index contributed by atoms with van der Waals surface area (Å²) in [6.45, 7) is 8.54. The standard InChI is InChI=1S/C16H25N3/c1-12-9-13(2)14(3)19(11-12)16(17)18-10-15-7-5-4-6-8-15/h4-8,12-14H,9-11H2,1-3H3,(H2,17,18). The first kappa shape index (κ1) is 13.9. The van der Waals surface area contributed by atoms with Crippen molar-refractivity contribution in [3.05, 3.63) is 35.9 Å². The second-order valence-electron chi connectivity index (χ2n) is 5.87. The van der Waals surface area contributed by atoms with Gasteiger partial charge in [-0.3, -0.25) is 0 Å². The fraction of sp³-hybridized carbons (Fsp3) is 0.562. The van der Waals surface area contributed by atoms with E-state index in [0.717, 1.165) is 6.54 Å². The highest BCUT2D eigenvalue weighted by molar-refractivity contribution is 5.78. The van der Waals surface area contributed by atoms with Crippen molar-refractivity contribution < 1.29 is 0 Å². The molecule has 2 N–H and O–H groups in total. The topological polar surface area (TPSA) is 41.6 Å². The average molecular weight is 259 g/mol. The lowest BCUT2D eigenvalue weighted by Gasteiger charge is -2.41. The molecular weight excluding hydrogens is 234 g/mol. The summed E-state index contributed by atoms with van der Waals surface area (Å²) in [5, 5.41) is 0. The van der Waals surface area contributed by atoms with E-state index in [-0.39, 0.29) is 0 Å². The first-order valence-electron chi connectivity index (χ1n) is 7.18. The van der Waals surface area contributed by atoms with Gasteiger partial charge in [-0.1, -0.05) is 44.2 Å². The smallest absolute Gasteiger partial charge is 0.191 e. The average Bonchev–Trinajstić information content (AvgIpc) is 2.41. The van der Waals surface area contributed by atoms with E-state index in [4.69, 9.17) is 5.73 Å². The summed E-state index contributed by atoms with van der Waals surface area (Å²) in [5.41, 5.74) is 7.39. The second kappa shape index (κ2) is 6.09. The lowest BCUT2D eigenvalue weighted by atomic mass is 9.86. The Morgan fingerprint density at radius 1 is 1.26 bits per heavy atom. The number of aliphatic imine (C=N–C) groups is 1. The number of nitrogens with two attached hydrogens (primary N) is 1. The van der Waals surface area contributed by atoms with Crippen LogP contribution in [-0.2, 0) is 6.54 Å². The zero-order valence-electron chi connectivity index (χ0n) is 12.2. The second-order valence-corrected chi connectivity index (χ2v) is 5.87. The molecule has 2 rings (SSSR count). The van der Waals surface area contributed by atoms with Crippen LogP contribution in [0.4, 0.5) is 0 Å². The lowest BCUT2D eigenvalue weighted by molar-refractivity contribution is 0.145. The molecule has 1 saturated heterocycles. The van der Waals surface area contributed by atoms with E-state index < -0.39 is 0 Å². The van der Waals surface area contributed by atoms with Gasteiger partial charge < -0.3 is 10.6 Å². The number of rotatable bonds is 2. The molecule has 0 aromatic heterocycles. The Balaban J connectivity index is 2.03. The van der Waals surface area contributed by atoms with Crippen LogP contribution in [-0.4, -0.2) is 23.4 Å². The van der Waals surface area contributed by atoms with Crippen molar-refractivity contribution in [2.45, 2.75) is 39.8 Å². The van der Waals surface area contributed by atoms with Crippen molar-refractivity contribution in [3.8, 4) is 0 Å². The van der Waals surface area contributed by atoms with E-state index in [1.807, 2.05) is 18.2 Å². The molecule has 1 aromatic carbocycles. The third-order valence-corrected chi connectivity index (χ3v) is 4.16. The van der Waals surface area contributed by atoms with Gasteiger partial charge in [0.2, 0.25) is 0 Å². The predicted molar refractivity (Wildman–Crippen MR) is 80.9 cm³/mol. The molecule has 0 radical (unpaired) electrons. The summed E-state index contributed by atoms with van der Waals surface area (Å²) in [4.78, 5) is 6.82. The van der Waals surface area contributed by atoms with E-state index in [9.17, 15) is 0 Å². The SMILES string of the molecule is CC1CC(C)C(C)N(C(N)=NCc2ccccc2)C1. The number of benzene rings is 1. The molecule has 3 nitrogen and oxygen atoms in total. The van der Waals surface area contributed by atoms with Crippen LogP contribution in [0.2, 0.25) is 0 Å². The molecule has 1 aliphatic rings. The molecule has 1 fully saturated rings. The monoisotopic (exact) mass is 259 g/mol. The van der Waals surface area contributed by atoms with E-state index in [0.29, 0.717) is 30.4 Å². The van der Waals surface area contributed by atoms with Gasteiger partial charge in [0.25, 0.3) is 0 Å². The molecule has 1 aromatic rings. The van der Waals surface area contributed by atoms with E-state index in [1.54, 1.807) is 0 Å². The molecule has 3 atom stereocenters. The number of hydrogen-bond acceptors (Lipinski definition) is 1. The number of piperidine rings is 1. The number of guanidine groups is 1. The zero-order valence-corrected chi connectivity index (χ0v) is 12.2. The van der Waals surface area contributed by atoms with Gasteiger partial charge in [0.15, 0.2) is 5.96 Å². The van der Waals surface area contributed by atoms with Crippen LogP contribution in [0, 0.1) is 11.8 Å². The summed E-state index contributed by atoms with van der Waals surface area (Å²) < 4.78 is 0. The van der Waals surface area contributed by atoms with Crippen molar-refractivity contribution in [1.29, 1.82) is 0 Å². The molecule has 19 heavy (non-hydrogen) atoms. The van der Waals surface area contributed by atoms with Crippen LogP contribution in [0.5, 0.6) is 0 Å². The van der Waals surface area contributed by atoms with Crippen molar-refractivity contribution in [1.82, 2.24) is 4.90 Å². The van der Waals surface area contributed by atoms with Crippen LogP contribution in [0.3, 0.4) is 0 Å². The molecule has 3 heteroatoms. The molecule has 1 aliphatic heterocycles. The van der Waals surface area contributed by atoms with Gasteiger partial charge in [-0.05, 0) is 30.7 Å². The number of nitrogens with zero attached hydrogens (tertiary/aromatic N) is 2. The molecule has 104 valence electrons. The van der Waals surface area contributed by atoms with E-state index in [1.165, 1.54) is 12.0 Å².